The molecule has 1 saturated heterocycles. The zero-order valence-electron chi connectivity index (χ0n) is 11.3. The second-order valence-electron chi connectivity index (χ2n) is 5.71. The van der Waals surface area contributed by atoms with Gasteiger partial charge in [0, 0.05) is 31.6 Å². The topological polar surface area (TPSA) is 26.2 Å². The van der Waals surface area contributed by atoms with Crippen molar-refractivity contribution in [3.63, 3.8) is 0 Å². The number of hydrogen-bond acceptors (Lipinski definition) is 2. The largest absolute Gasteiger partial charge is 0.378 e. The van der Waals surface area contributed by atoms with E-state index in [4.69, 9.17) is 4.74 Å². The van der Waals surface area contributed by atoms with E-state index in [1.54, 1.807) is 0 Å². The molecule has 1 N–H and O–H groups in total. The van der Waals surface area contributed by atoms with Crippen LogP contribution in [0.3, 0.4) is 0 Å². The average Bonchev–Trinajstić information content (AvgIpc) is 2.92. The van der Waals surface area contributed by atoms with Crippen LogP contribution in [0.4, 0.5) is 0 Å². The summed E-state index contributed by atoms with van der Waals surface area (Å²) in [6.45, 7) is 2.05. The van der Waals surface area contributed by atoms with E-state index >= 15 is 0 Å². The van der Waals surface area contributed by atoms with E-state index in [9.17, 15) is 0 Å². The second-order valence-corrected chi connectivity index (χ2v) is 5.71. The number of nitrogens with one attached hydrogen (secondary N) is 1. The van der Waals surface area contributed by atoms with E-state index in [2.05, 4.69) is 35.4 Å². The standard InChI is InChI=1S/C15H24N2O/c1-16-15(12-4-5-12)13-6-8-17(11-13)9-7-14-3-2-10-18-14/h6,8,11-12,14-16H,2-5,7,9-10H2,1H3. The highest BCUT2D eigenvalue weighted by molar-refractivity contribution is 5.18. The zero-order chi connectivity index (χ0) is 12.4. The van der Waals surface area contributed by atoms with Crippen LogP contribution in [-0.4, -0.2) is 24.3 Å². The minimum Gasteiger partial charge on any atom is -0.378 e. The van der Waals surface area contributed by atoms with E-state index < -0.39 is 0 Å². The maximum Gasteiger partial charge on any atom is 0.0593 e. The van der Waals surface area contributed by atoms with Crippen LogP contribution in [0.5, 0.6) is 0 Å². The molecule has 3 heteroatoms. The summed E-state index contributed by atoms with van der Waals surface area (Å²) in [7, 11) is 2.08. The maximum atomic E-state index is 5.67. The Morgan fingerprint density at radius 1 is 1.44 bits per heavy atom. The third kappa shape index (κ3) is 2.78. The minimum absolute atomic E-state index is 0.499. The van der Waals surface area contributed by atoms with Crippen molar-refractivity contribution in [1.82, 2.24) is 9.88 Å². The third-order valence-electron chi connectivity index (χ3n) is 4.27. The predicted molar refractivity (Wildman–Crippen MR) is 72.5 cm³/mol. The molecule has 0 radical (unpaired) electrons. The third-order valence-corrected chi connectivity index (χ3v) is 4.27. The molecule has 0 amide bonds. The molecule has 0 aromatic carbocycles. The predicted octanol–water partition coefficient (Wildman–Crippen LogP) is 2.73. The van der Waals surface area contributed by atoms with E-state index in [1.165, 1.54) is 31.2 Å². The fourth-order valence-electron chi connectivity index (χ4n) is 3.05. The van der Waals surface area contributed by atoms with Crippen molar-refractivity contribution in [1.29, 1.82) is 0 Å². The average molecular weight is 248 g/mol. The van der Waals surface area contributed by atoms with Gasteiger partial charge in [-0.05, 0) is 56.7 Å². The Hall–Kier alpha value is -0.800. The molecule has 3 nitrogen and oxygen atoms in total. The van der Waals surface area contributed by atoms with Gasteiger partial charge in [-0.2, -0.15) is 0 Å². The number of aromatic nitrogens is 1. The first-order chi connectivity index (χ1) is 8.86. The first-order valence-corrected chi connectivity index (χ1v) is 7.31. The van der Waals surface area contributed by atoms with Gasteiger partial charge in [0.25, 0.3) is 0 Å². The summed E-state index contributed by atoms with van der Waals surface area (Å²) in [6.07, 6.45) is 11.4. The summed E-state index contributed by atoms with van der Waals surface area (Å²) >= 11 is 0. The number of nitrogens with zero attached hydrogens (tertiary/aromatic N) is 1. The van der Waals surface area contributed by atoms with Gasteiger partial charge in [-0.1, -0.05) is 0 Å². The first kappa shape index (κ1) is 12.2. The van der Waals surface area contributed by atoms with E-state index in [-0.39, 0.29) is 0 Å². The Labute approximate surface area is 110 Å². The highest BCUT2D eigenvalue weighted by Gasteiger charge is 2.31. The summed E-state index contributed by atoms with van der Waals surface area (Å²) in [5.41, 5.74) is 1.45. The molecule has 1 aromatic heterocycles. The minimum atomic E-state index is 0.499. The highest BCUT2D eigenvalue weighted by Crippen LogP contribution is 2.40. The van der Waals surface area contributed by atoms with Gasteiger partial charge in [-0.3, -0.25) is 0 Å². The first-order valence-electron chi connectivity index (χ1n) is 7.31. The Morgan fingerprint density at radius 2 is 2.33 bits per heavy atom. The van der Waals surface area contributed by atoms with Crippen LogP contribution in [0.25, 0.3) is 0 Å². The van der Waals surface area contributed by atoms with E-state index in [0.717, 1.165) is 25.5 Å². The van der Waals surface area contributed by atoms with Crippen molar-refractivity contribution in [2.24, 2.45) is 5.92 Å². The molecule has 2 fully saturated rings. The molecule has 2 atom stereocenters. The van der Waals surface area contributed by atoms with E-state index in [1.807, 2.05) is 0 Å². The van der Waals surface area contributed by atoms with Crippen molar-refractivity contribution < 1.29 is 4.74 Å². The lowest BCUT2D eigenvalue weighted by molar-refractivity contribution is 0.100. The van der Waals surface area contributed by atoms with Crippen LogP contribution in [-0.2, 0) is 11.3 Å². The lowest BCUT2D eigenvalue weighted by Gasteiger charge is -2.13. The Balaban J connectivity index is 1.55. The zero-order valence-corrected chi connectivity index (χ0v) is 11.3. The molecule has 1 aliphatic carbocycles. The molecule has 0 spiro atoms. The number of aryl methyl sites for hydroxylation is 1. The molecule has 1 aromatic rings. The monoisotopic (exact) mass is 248 g/mol. The van der Waals surface area contributed by atoms with Crippen molar-refractivity contribution in [2.75, 3.05) is 13.7 Å². The normalized spacial score (nSPS) is 25.5. The highest BCUT2D eigenvalue weighted by atomic mass is 16.5. The molecule has 1 aliphatic heterocycles. The van der Waals surface area contributed by atoms with E-state index in [0.29, 0.717) is 12.1 Å². The lowest BCUT2D eigenvalue weighted by Crippen LogP contribution is -2.17. The molecule has 2 heterocycles. The molecule has 1 saturated carbocycles. The quantitative estimate of drug-likeness (QED) is 0.837. The maximum absolute atomic E-state index is 5.67. The summed E-state index contributed by atoms with van der Waals surface area (Å²) in [5.74, 6) is 0.865. The van der Waals surface area contributed by atoms with Crippen molar-refractivity contribution in [3.05, 3.63) is 24.0 Å². The molecule has 18 heavy (non-hydrogen) atoms. The molecule has 2 aliphatic rings. The number of rotatable bonds is 6. The molecule has 3 rings (SSSR count). The Kier molecular flexibility index (Phi) is 3.71. The lowest BCUT2D eigenvalue weighted by atomic mass is 10.1. The molecular formula is C15H24N2O. The number of ether oxygens (including phenoxy) is 1. The summed E-state index contributed by atoms with van der Waals surface area (Å²) in [6, 6.07) is 2.84. The van der Waals surface area contributed by atoms with Crippen LogP contribution >= 0.6 is 0 Å². The van der Waals surface area contributed by atoms with Gasteiger partial charge < -0.3 is 14.6 Å². The molecule has 100 valence electrons. The summed E-state index contributed by atoms with van der Waals surface area (Å²) in [5, 5.41) is 3.45. The van der Waals surface area contributed by atoms with Crippen LogP contribution in [0.1, 0.15) is 43.7 Å². The van der Waals surface area contributed by atoms with Gasteiger partial charge in [-0.25, -0.2) is 0 Å². The number of hydrogen-bond donors (Lipinski definition) is 1. The van der Waals surface area contributed by atoms with Gasteiger partial charge in [-0.15, -0.1) is 0 Å². The van der Waals surface area contributed by atoms with Crippen LogP contribution < -0.4 is 5.32 Å². The van der Waals surface area contributed by atoms with Crippen molar-refractivity contribution in [3.8, 4) is 0 Å². The van der Waals surface area contributed by atoms with Crippen LogP contribution in [0.15, 0.2) is 18.5 Å². The van der Waals surface area contributed by atoms with Gasteiger partial charge in [0.15, 0.2) is 0 Å². The van der Waals surface area contributed by atoms with Gasteiger partial charge in [0.1, 0.15) is 0 Å². The Morgan fingerprint density at radius 3 is 3.00 bits per heavy atom. The van der Waals surface area contributed by atoms with Crippen LogP contribution in [0.2, 0.25) is 0 Å². The van der Waals surface area contributed by atoms with Crippen molar-refractivity contribution >= 4 is 0 Å². The molecule has 0 bridgehead atoms. The second kappa shape index (κ2) is 5.45. The SMILES string of the molecule is CNC(c1ccn(CCC2CCCO2)c1)C1CC1. The van der Waals surface area contributed by atoms with Gasteiger partial charge in [0.2, 0.25) is 0 Å². The molecular weight excluding hydrogens is 224 g/mol. The smallest absolute Gasteiger partial charge is 0.0593 e. The fourth-order valence-corrected chi connectivity index (χ4v) is 3.05. The molecule has 2 unspecified atom stereocenters. The van der Waals surface area contributed by atoms with Crippen LogP contribution in [0, 0.1) is 5.92 Å². The fraction of sp³-hybridized carbons (Fsp3) is 0.733. The van der Waals surface area contributed by atoms with Crippen molar-refractivity contribution in [2.45, 2.75) is 50.8 Å². The Bertz CT molecular complexity index is 378. The van der Waals surface area contributed by atoms with Gasteiger partial charge in [0.05, 0.1) is 6.10 Å². The summed E-state index contributed by atoms with van der Waals surface area (Å²) < 4.78 is 8.00. The summed E-state index contributed by atoms with van der Waals surface area (Å²) in [4.78, 5) is 0. The van der Waals surface area contributed by atoms with Gasteiger partial charge >= 0.3 is 0 Å².